The van der Waals surface area contributed by atoms with Crippen LogP contribution in [0.4, 0.5) is 34.1 Å². The van der Waals surface area contributed by atoms with E-state index >= 15 is 0 Å². The molecule has 1 unspecified atom stereocenters. The number of hydrogen-bond donors (Lipinski definition) is 0. The van der Waals surface area contributed by atoms with Crippen LogP contribution in [0.2, 0.25) is 13.1 Å². The number of hydrogen-bond acceptors (Lipinski definition) is 3. The van der Waals surface area contributed by atoms with E-state index in [1.807, 2.05) is 0 Å². The average molecular weight is 589 g/mol. The van der Waals surface area contributed by atoms with Gasteiger partial charge < -0.3 is 14.5 Å². The van der Waals surface area contributed by atoms with Crippen LogP contribution >= 0.6 is 7.92 Å². The molecule has 0 saturated carbocycles. The minimum Gasteiger partial charge on any atom is -0.456 e. The lowest BCUT2D eigenvalue weighted by molar-refractivity contribution is 0.489. The zero-order chi connectivity index (χ0) is 28.7. The maximum Gasteiger partial charge on any atom is 0.139 e. The highest BCUT2D eigenvalue weighted by molar-refractivity contribution is 7.81. The third kappa shape index (κ3) is 3.51. The molecule has 0 bridgehead atoms. The van der Waals surface area contributed by atoms with E-state index < -0.39 is 16.0 Å². The maximum atomic E-state index is 6.84. The minimum absolute atomic E-state index is 0.800. The van der Waals surface area contributed by atoms with Crippen molar-refractivity contribution in [3.05, 3.63) is 140 Å². The van der Waals surface area contributed by atoms with Gasteiger partial charge in [0, 0.05) is 33.7 Å². The van der Waals surface area contributed by atoms with E-state index in [2.05, 4.69) is 162 Å². The first-order valence-electron chi connectivity index (χ1n) is 14.8. The van der Waals surface area contributed by atoms with Crippen LogP contribution in [0.3, 0.4) is 0 Å². The molecule has 3 heterocycles. The normalized spacial score (nSPS) is 16.2. The van der Waals surface area contributed by atoms with Crippen molar-refractivity contribution in [3.63, 3.8) is 0 Å². The van der Waals surface area contributed by atoms with Gasteiger partial charge in [-0.3, -0.25) is 0 Å². The van der Waals surface area contributed by atoms with Crippen molar-refractivity contribution in [2.45, 2.75) is 13.1 Å². The first-order valence-corrected chi connectivity index (χ1v) is 19.1. The van der Waals surface area contributed by atoms with Crippen LogP contribution in [0.1, 0.15) is 0 Å². The number of benzene rings is 6. The summed E-state index contributed by atoms with van der Waals surface area (Å²) in [7, 11) is -2.75. The molecule has 5 heteroatoms. The van der Waals surface area contributed by atoms with Crippen molar-refractivity contribution in [2.24, 2.45) is 0 Å². The predicted octanol–water partition coefficient (Wildman–Crippen LogP) is 7.94. The van der Waals surface area contributed by atoms with Gasteiger partial charge in [0.05, 0.1) is 22.4 Å². The molecule has 0 aromatic heterocycles. The van der Waals surface area contributed by atoms with E-state index in [1.54, 1.807) is 0 Å². The Labute approximate surface area is 254 Å². The predicted molar refractivity (Wildman–Crippen MR) is 185 cm³/mol. The van der Waals surface area contributed by atoms with Gasteiger partial charge in [-0.1, -0.05) is 104 Å². The summed E-state index contributed by atoms with van der Waals surface area (Å²) in [6.45, 7) is 5.02. The molecule has 0 spiro atoms. The second-order valence-corrected chi connectivity index (χ2v) is 18.3. The van der Waals surface area contributed by atoms with Gasteiger partial charge in [0.1, 0.15) is 19.6 Å². The zero-order valence-electron chi connectivity index (χ0n) is 24.0. The van der Waals surface area contributed by atoms with Gasteiger partial charge >= 0.3 is 0 Å². The summed E-state index contributed by atoms with van der Waals surface area (Å²) >= 11 is 0. The lowest BCUT2D eigenvalue weighted by atomic mass is 10.1. The van der Waals surface area contributed by atoms with Gasteiger partial charge in [0.2, 0.25) is 0 Å². The molecule has 0 fully saturated rings. The summed E-state index contributed by atoms with van der Waals surface area (Å²) in [5.41, 5.74) is 7.23. The lowest BCUT2D eigenvalue weighted by Crippen LogP contribution is -2.61. The lowest BCUT2D eigenvalue weighted by Gasteiger charge is -2.48. The molecule has 9 rings (SSSR count). The smallest absolute Gasteiger partial charge is 0.139 e. The monoisotopic (exact) mass is 588 g/mol. The van der Waals surface area contributed by atoms with Crippen LogP contribution in [0.15, 0.2) is 140 Å². The number of nitrogens with zero attached hydrogens (tertiary/aromatic N) is 2. The second kappa shape index (κ2) is 9.18. The molecule has 0 aliphatic carbocycles. The fourth-order valence-electron chi connectivity index (χ4n) is 7.16. The molecular formula is C38H29N2OPSi. The third-order valence-electron chi connectivity index (χ3n) is 9.09. The number of fused-ring (bicyclic) bond motifs is 6. The highest BCUT2D eigenvalue weighted by Gasteiger charge is 2.46. The Hall–Kier alpha value is -4.63. The van der Waals surface area contributed by atoms with Gasteiger partial charge in [-0.2, -0.15) is 0 Å². The summed E-state index contributed by atoms with van der Waals surface area (Å²) in [5.74, 6) is 1.92. The van der Waals surface area contributed by atoms with Gasteiger partial charge in [-0.15, -0.1) is 0 Å². The Morgan fingerprint density at radius 3 is 1.95 bits per heavy atom. The van der Waals surface area contributed by atoms with E-state index in [-0.39, 0.29) is 0 Å². The Kier molecular flexibility index (Phi) is 5.32. The van der Waals surface area contributed by atoms with Crippen LogP contribution in [-0.4, -0.2) is 8.07 Å². The third-order valence-corrected chi connectivity index (χ3v) is 15.2. The highest BCUT2D eigenvalue weighted by Crippen LogP contribution is 2.57. The van der Waals surface area contributed by atoms with Gasteiger partial charge in [-0.25, -0.2) is 0 Å². The summed E-state index contributed by atoms with van der Waals surface area (Å²) in [4.78, 5) is 4.91. The number of anilines is 6. The fourth-order valence-corrected chi connectivity index (χ4v) is 13.0. The first-order chi connectivity index (χ1) is 21.1. The molecule has 0 N–H and O–H groups in total. The Morgan fingerprint density at radius 1 is 0.558 bits per heavy atom. The molecule has 206 valence electrons. The van der Waals surface area contributed by atoms with E-state index in [0.29, 0.717) is 0 Å². The van der Waals surface area contributed by atoms with E-state index in [0.717, 1.165) is 28.6 Å². The second-order valence-electron chi connectivity index (χ2n) is 11.9. The molecule has 0 saturated heterocycles. The van der Waals surface area contributed by atoms with Crippen LogP contribution in [0.5, 0.6) is 11.5 Å². The molecule has 1 atom stereocenters. The highest BCUT2D eigenvalue weighted by atomic mass is 31.1. The molecular weight excluding hydrogens is 559 g/mol. The number of rotatable bonds is 3. The molecule has 3 nitrogen and oxygen atoms in total. The number of para-hydroxylation sites is 5. The summed E-state index contributed by atoms with van der Waals surface area (Å²) in [5, 5.41) is 7.02. The van der Waals surface area contributed by atoms with Crippen LogP contribution in [0, 0.1) is 0 Å². The standard InChI is InChI=1S/C38H29N2OPSi/c1-43(2)35-22-12-9-18-29(35)40-30-24-28(39(26-14-5-3-6-15-26)27-16-7-4-8-17-27)25-32-38(30)42(33-20-11-10-19-31(33)41-32)34-21-13-23-36(43)37(34)40/h3-25H,1-2H3. The Morgan fingerprint density at radius 2 is 1.19 bits per heavy atom. The molecule has 43 heavy (non-hydrogen) atoms. The quantitative estimate of drug-likeness (QED) is 0.154. The number of ether oxygens (including phenoxy) is 1. The molecule has 3 aliphatic heterocycles. The summed E-state index contributed by atoms with van der Waals surface area (Å²) in [6.07, 6.45) is 0. The topological polar surface area (TPSA) is 15.7 Å². The van der Waals surface area contributed by atoms with E-state index in [1.165, 1.54) is 43.3 Å². The minimum atomic E-state index is -1.95. The van der Waals surface area contributed by atoms with Crippen molar-refractivity contribution >= 4 is 76.4 Å². The van der Waals surface area contributed by atoms with E-state index in [9.17, 15) is 0 Å². The molecule has 3 aliphatic rings. The van der Waals surface area contributed by atoms with Crippen LogP contribution in [0.25, 0.3) is 0 Å². The van der Waals surface area contributed by atoms with Gasteiger partial charge in [-0.05, 0) is 60.8 Å². The Balaban J connectivity index is 1.39. The largest absolute Gasteiger partial charge is 0.456 e. The zero-order valence-corrected chi connectivity index (χ0v) is 25.9. The van der Waals surface area contributed by atoms with Gasteiger partial charge in [0.15, 0.2) is 0 Å². The van der Waals surface area contributed by atoms with E-state index in [4.69, 9.17) is 4.74 Å². The van der Waals surface area contributed by atoms with Crippen molar-refractivity contribution in [2.75, 3.05) is 9.80 Å². The molecule has 6 aromatic rings. The SMILES string of the molecule is C[Si]1(C)c2ccccc2N2c3cc(N(c4ccccc4)c4ccccc4)cc4c3P(c3ccccc3O4)c3cccc1c32. The van der Waals surface area contributed by atoms with Crippen molar-refractivity contribution in [1.29, 1.82) is 0 Å². The Bertz CT molecular complexity index is 2020. The van der Waals surface area contributed by atoms with Crippen molar-refractivity contribution in [3.8, 4) is 11.5 Å². The molecule has 6 aromatic carbocycles. The molecule has 0 amide bonds. The van der Waals surface area contributed by atoms with Gasteiger partial charge in [0.25, 0.3) is 0 Å². The fraction of sp³-hybridized carbons (Fsp3) is 0.0526. The summed E-state index contributed by atoms with van der Waals surface area (Å²) in [6, 6.07) is 50.7. The average Bonchev–Trinajstić information content (AvgIpc) is 3.05. The van der Waals surface area contributed by atoms with Crippen molar-refractivity contribution in [1.82, 2.24) is 0 Å². The first kappa shape index (κ1) is 24.9. The summed E-state index contributed by atoms with van der Waals surface area (Å²) < 4.78 is 6.84. The van der Waals surface area contributed by atoms with Crippen LogP contribution < -0.4 is 40.8 Å². The molecule has 0 radical (unpaired) electrons. The maximum absolute atomic E-state index is 6.84. The van der Waals surface area contributed by atoms with Crippen LogP contribution in [-0.2, 0) is 0 Å². The van der Waals surface area contributed by atoms with Crippen molar-refractivity contribution < 1.29 is 4.74 Å².